The zero-order valence-electron chi connectivity index (χ0n) is 13.5. The van der Waals surface area contributed by atoms with Gasteiger partial charge in [0.2, 0.25) is 5.13 Å². The van der Waals surface area contributed by atoms with Crippen molar-refractivity contribution in [3.8, 4) is 0 Å². The molecule has 3 rings (SSSR count). The topological polar surface area (TPSA) is 62.0 Å². The van der Waals surface area contributed by atoms with Gasteiger partial charge in [-0.3, -0.25) is 5.43 Å². The molecule has 0 bridgehead atoms. The Morgan fingerprint density at radius 3 is 2.67 bits per heavy atom. The summed E-state index contributed by atoms with van der Waals surface area (Å²) in [5, 5.41) is 13.6. The fourth-order valence-corrected chi connectivity index (χ4v) is 2.90. The van der Waals surface area contributed by atoms with Crippen LogP contribution < -0.4 is 5.43 Å². The number of benzene rings is 2. The van der Waals surface area contributed by atoms with Crippen molar-refractivity contribution in [1.29, 1.82) is 0 Å². The zero-order valence-corrected chi connectivity index (χ0v) is 14.3. The Balaban J connectivity index is 1.75. The van der Waals surface area contributed by atoms with E-state index in [1.165, 1.54) is 11.3 Å². The first-order valence-electron chi connectivity index (χ1n) is 8.00. The van der Waals surface area contributed by atoms with E-state index in [9.17, 15) is 0 Å². The lowest BCUT2D eigenvalue weighted by atomic mass is 10.2. The number of nitrogens with one attached hydrogen (secondary N) is 1. The minimum Gasteiger partial charge on any atom is -0.277 e. The van der Waals surface area contributed by atoms with Crippen LogP contribution in [-0.2, 0) is 0 Å². The normalized spacial score (nSPS) is 12.1. The molecule has 122 valence electrons. The lowest BCUT2D eigenvalue weighted by Gasteiger charge is -2.01. The fourth-order valence-electron chi connectivity index (χ4n) is 2.11. The van der Waals surface area contributed by atoms with Gasteiger partial charge in [-0.15, -0.1) is 10.2 Å². The van der Waals surface area contributed by atoms with E-state index in [0.717, 1.165) is 35.2 Å². The second kappa shape index (κ2) is 8.31. The molecule has 3 aromatic rings. The number of anilines is 1. The molecule has 1 heterocycles. The molecule has 0 saturated heterocycles. The maximum Gasteiger partial charge on any atom is 0.231 e. The second-order valence-corrected chi connectivity index (χ2v) is 6.28. The Hall–Kier alpha value is -2.60. The highest BCUT2D eigenvalue weighted by Crippen LogP contribution is 2.27. The number of thiazole rings is 1. The monoisotopic (exact) mass is 337 g/mol. The zero-order chi connectivity index (χ0) is 16.6. The number of azo groups is 1. The third-order valence-electron chi connectivity index (χ3n) is 3.38. The summed E-state index contributed by atoms with van der Waals surface area (Å²) in [7, 11) is 0. The van der Waals surface area contributed by atoms with Crippen molar-refractivity contribution in [2.24, 2.45) is 15.3 Å². The second-order valence-electron chi connectivity index (χ2n) is 5.27. The Kier molecular flexibility index (Phi) is 5.63. The summed E-state index contributed by atoms with van der Waals surface area (Å²) < 4.78 is 1.11. The number of para-hydroxylation sites is 2. The van der Waals surface area contributed by atoms with E-state index in [1.807, 2.05) is 54.6 Å². The van der Waals surface area contributed by atoms with Crippen LogP contribution in [0.3, 0.4) is 0 Å². The average molecular weight is 337 g/mol. The van der Waals surface area contributed by atoms with Crippen molar-refractivity contribution < 1.29 is 0 Å². The number of aromatic nitrogens is 1. The van der Waals surface area contributed by atoms with Crippen LogP contribution in [0.4, 0.5) is 10.8 Å². The molecule has 0 radical (unpaired) electrons. The summed E-state index contributed by atoms with van der Waals surface area (Å²) in [6.45, 7) is 2.15. The smallest absolute Gasteiger partial charge is 0.231 e. The lowest BCUT2D eigenvalue weighted by Crippen LogP contribution is -1.99. The van der Waals surface area contributed by atoms with Crippen LogP contribution in [-0.4, -0.2) is 10.8 Å². The first-order valence-corrected chi connectivity index (χ1v) is 8.82. The summed E-state index contributed by atoms with van der Waals surface area (Å²) in [5.74, 6) is 0.681. The molecule has 0 aliphatic rings. The highest BCUT2D eigenvalue weighted by Gasteiger charge is 2.03. The molecule has 0 atom stereocenters. The highest BCUT2D eigenvalue weighted by atomic mass is 32.1. The first kappa shape index (κ1) is 16.3. The Labute approximate surface area is 145 Å². The summed E-state index contributed by atoms with van der Waals surface area (Å²) in [4.78, 5) is 4.47. The van der Waals surface area contributed by atoms with Crippen molar-refractivity contribution >= 4 is 38.2 Å². The molecule has 0 saturated carbocycles. The standard InChI is InChI=1S/C18H19N5S/c1-2-3-13-17(21-20-14-9-5-4-6-10-14)22-23-18-19-15-11-7-8-12-16(15)24-18/h4-12,20H,2-3,13H2,1H3. The van der Waals surface area contributed by atoms with Crippen molar-refractivity contribution in [2.45, 2.75) is 26.2 Å². The van der Waals surface area contributed by atoms with Gasteiger partial charge in [0.25, 0.3) is 0 Å². The van der Waals surface area contributed by atoms with Crippen molar-refractivity contribution in [2.75, 3.05) is 5.43 Å². The molecular formula is C18H19N5S. The highest BCUT2D eigenvalue weighted by molar-refractivity contribution is 7.21. The molecule has 5 nitrogen and oxygen atoms in total. The van der Waals surface area contributed by atoms with E-state index in [2.05, 4.69) is 32.7 Å². The number of amidine groups is 1. The Morgan fingerprint density at radius 1 is 1.08 bits per heavy atom. The summed E-state index contributed by atoms with van der Waals surface area (Å²) >= 11 is 1.53. The molecular weight excluding hydrogens is 318 g/mol. The van der Waals surface area contributed by atoms with Crippen LogP contribution in [0.25, 0.3) is 10.2 Å². The van der Waals surface area contributed by atoms with Gasteiger partial charge in [-0.25, -0.2) is 4.98 Å². The van der Waals surface area contributed by atoms with Gasteiger partial charge in [0.15, 0.2) is 5.84 Å². The Morgan fingerprint density at radius 2 is 1.88 bits per heavy atom. The first-order chi connectivity index (χ1) is 11.8. The molecule has 0 aliphatic heterocycles. The molecule has 24 heavy (non-hydrogen) atoms. The number of nitrogens with zero attached hydrogens (tertiary/aromatic N) is 4. The van der Waals surface area contributed by atoms with Gasteiger partial charge in [0.05, 0.1) is 15.9 Å². The average Bonchev–Trinajstić information content (AvgIpc) is 3.05. The number of unbranched alkanes of at least 4 members (excludes halogenated alkanes) is 1. The lowest BCUT2D eigenvalue weighted by molar-refractivity contribution is 0.826. The van der Waals surface area contributed by atoms with Crippen LogP contribution in [0.15, 0.2) is 69.9 Å². The summed E-state index contributed by atoms with van der Waals surface area (Å²) in [5.41, 5.74) is 4.92. The fraction of sp³-hybridized carbons (Fsp3) is 0.222. The van der Waals surface area contributed by atoms with Crippen LogP contribution in [0.1, 0.15) is 26.2 Å². The number of hydrogen-bond acceptors (Lipinski definition) is 5. The molecule has 0 unspecified atom stereocenters. The van der Waals surface area contributed by atoms with Gasteiger partial charge in [-0.05, 0) is 30.7 Å². The van der Waals surface area contributed by atoms with Gasteiger partial charge in [0, 0.05) is 6.42 Å². The van der Waals surface area contributed by atoms with E-state index in [0.29, 0.717) is 11.0 Å². The van der Waals surface area contributed by atoms with Crippen molar-refractivity contribution in [3.05, 3.63) is 54.6 Å². The van der Waals surface area contributed by atoms with Gasteiger partial charge in [-0.1, -0.05) is 55.0 Å². The van der Waals surface area contributed by atoms with Crippen molar-refractivity contribution in [1.82, 2.24) is 4.98 Å². The number of rotatable bonds is 6. The van der Waals surface area contributed by atoms with E-state index in [-0.39, 0.29) is 0 Å². The number of hydrazone groups is 1. The van der Waals surface area contributed by atoms with E-state index in [4.69, 9.17) is 0 Å². The summed E-state index contributed by atoms with van der Waals surface area (Å²) in [6, 6.07) is 17.8. The minimum atomic E-state index is 0.653. The predicted octanol–water partition coefficient (Wildman–Crippen LogP) is 6.00. The SMILES string of the molecule is CCCCC(N=Nc1nc2ccccc2s1)=NNc1ccccc1. The van der Waals surface area contributed by atoms with Crippen LogP contribution in [0, 0.1) is 0 Å². The molecule has 1 N–H and O–H groups in total. The van der Waals surface area contributed by atoms with Gasteiger partial charge in [-0.2, -0.15) is 5.10 Å². The van der Waals surface area contributed by atoms with Gasteiger partial charge in [0.1, 0.15) is 0 Å². The maximum atomic E-state index is 4.47. The van der Waals surface area contributed by atoms with Crippen molar-refractivity contribution in [3.63, 3.8) is 0 Å². The third kappa shape index (κ3) is 4.45. The van der Waals surface area contributed by atoms with Crippen LogP contribution >= 0.6 is 11.3 Å². The number of fused-ring (bicyclic) bond motifs is 1. The van der Waals surface area contributed by atoms with Gasteiger partial charge >= 0.3 is 0 Å². The number of hydrogen-bond donors (Lipinski definition) is 1. The minimum absolute atomic E-state index is 0.653. The molecule has 0 amide bonds. The molecule has 0 aliphatic carbocycles. The largest absolute Gasteiger partial charge is 0.277 e. The maximum absolute atomic E-state index is 4.47. The molecule has 2 aromatic carbocycles. The molecule has 6 heteroatoms. The predicted molar refractivity (Wildman–Crippen MR) is 101 cm³/mol. The molecule has 0 spiro atoms. The third-order valence-corrected chi connectivity index (χ3v) is 4.30. The quantitative estimate of drug-likeness (QED) is 0.260. The van der Waals surface area contributed by atoms with Crippen LogP contribution in [0.5, 0.6) is 0 Å². The summed E-state index contributed by atoms with van der Waals surface area (Å²) in [6.07, 6.45) is 2.89. The molecule has 1 aromatic heterocycles. The molecule has 0 fully saturated rings. The van der Waals surface area contributed by atoms with E-state index in [1.54, 1.807) is 0 Å². The van der Waals surface area contributed by atoms with E-state index < -0.39 is 0 Å². The Bertz CT molecular complexity index is 806. The van der Waals surface area contributed by atoms with E-state index >= 15 is 0 Å². The van der Waals surface area contributed by atoms with Crippen LogP contribution in [0.2, 0.25) is 0 Å². The van der Waals surface area contributed by atoms with Gasteiger partial charge < -0.3 is 0 Å².